The van der Waals surface area contributed by atoms with E-state index in [0.717, 1.165) is 29.8 Å². The normalized spacial score (nSPS) is 13.3. The predicted molar refractivity (Wildman–Crippen MR) is 132 cm³/mol. The average Bonchev–Trinajstić information content (AvgIpc) is 2.79. The molecule has 0 unspecified atom stereocenters. The Bertz CT molecular complexity index is 1190. The fourth-order valence-corrected chi connectivity index (χ4v) is 4.61. The summed E-state index contributed by atoms with van der Waals surface area (Å²) in [5.74, 6) is 1.10. The van der Waals surface area contributed by atoms with E-state index in [0.29, 0.717) is 28.6 Å². The third kappa shape index (κ3) is 5.08. The number of ether oxygens (including phenoxy) is 2. The van der Waals surface area contributed by atoms with Crippen LogP contribution in [0, 0.1) is 5.82 Å². The first-order valence-electron chi connectivity index (χ1n) is 11.1. The van der Waals surface area contributed by atoms with Crippen molar-refractivity contribution in [3.8, 4) is 11.5 Å². The van der Waals surface area contributed by atoms with Crippen molar-refractivity contribution in [3.63, 3.8) is 0 Å². The second-order valence-corrected chi connectivity index (χ2v) is 9.82. The molecule has 3 aromatic carbocycles. The molecule has 1 heterocycles. The van der Waals surface area contributed by atoms with Crippen LogP contribution in [0.4, 0.5) is 4.39 Å². The van der Waals surface area contributed by atoms with Crippen LogP contribution in [-0.4, -0.2) is 31.1 Å². The van der Waals surface area contributed by atoms with Gasteiger partial charge in [0.25, 0.3) is 0 Å². The van der Waals surface area contributed by atoms with Gasteiger partial charge in [0.2, 0.25) is 5.71 Å². The molecule has 1 aliphatic heterocycles. The van der Waals surface area contributed by atoms with Gasteiger partial charge in [-0.05, 0) is 52.9 Å². The van der Waals surface area contributed by atoms with E-state index in [9.17, 15) is 4.39 Å². The van der Waals surface area contributed by atoms with Crippen molar-refractivity contribution in [1.82, 2.24) is 0 Å². The van der Waals surface area contributed by atoms with Crippen molar-refractivity contribution in [3.05, 3.63) is 93.3 Å². The van der Waals surface area contributed by atoms with Crippen LogP contribution in [0.3, 0.4) is 0 Å². The molecule has 0 aliphatic carbocycles. The summed E-state index contributed by atoms with van der Waals surface area (Å²) in [4.78, 5) is 0. The number of benzene rings is 3. The van der Waals surface area contributed by atoms with Crippen LogP contribution >= 0.6 is 11.6 Å². The van der Waals surface area contributed by atoms with Gasteiger partial charge in [0, 0.05) is 12.0 Å². The standard InChI is InChI=1S/C28H30ClFNO2.ClH/c1-28(2,3)20-11-9-18(10-12-20)27-21-16-26(33-5)25(32-4)15-19(21)13-14-31(27)17-22-23(29)7-6-8-24(22)30;/h6-12,15-16H,13-14,17H2,1-5H3;1H/q+1;/p-1. The van der Waals surface area contributed by atoms with Crippen LogP contribution in [0.5, 0.6) is 11.5 Å². The molecule has 0 spiro atoms. The van der Waals surface area contributed by atoms with Gasteiger partial charge in [-0.3, -0.25) is 0 Å². The van der Waals surface area contributed by atoms with Gasteiger partial charge in [0.15, 0.2) is 18.0 Å². The molecule has 6 heteroatoms. The molecule has 3 aromatic rings. The van der Waals surface area contributed by atoms with Crippen LogP contribution in [0.1, 0.15) is 48.6 Å². The Hall–Kier alpha value is -2.56. The Kier molecular flexibility index (Phi) is 7.95. The zero-order valence-corrected chi connectivity index (χ0v) is 21.7. The molecule has 0 N–H and O–H groups in total. The van der Waals surface area contributed by atoms with E-state index in [1.54, 1.807) is 26.4 Å². The largest absolute Gasteiger partial charge is 1.00 e. The number of hydrogen-bond acceptors (Lipinski definition) is 2. The zero-order chi connectivity index (χ0) is 23.8. The molecule has 0 amide bonds. The fraction of sp³-hybridized carbons (Fsp3) is 0.321. The van der Waals surface area contributed by atoms with Crippen LogP contribution in [-0.2, 0) is 18.4 Å². The maximum Gasteiger partial charge on any atom is 0.215 e. The Morgan fingerprint density at radius 3 is 2.21 bits per heavy atom. The minimum atomic E-state index is -0.289. The van der Waals surface area contributed by atoms with Gasteiger partial charge in [-0.2, -0.15) is 0 Å². The lowest BCUT2D eigenvalue weighted by molar-refractivity contribution is -0.544. The summed E-state index contributed by atoms with van der Waals surface area (Å²) in [6.07, 6.45) is 0.811. The molecule has 1 aliphatic rings. The van der Waals surface area contributed by atoms with Gasteiger partial charge >= 0.3 is 0 Å². The van der Waals surface area contributed by atoms with Gasteiger partial charge in [0.05, 0.1) is 30.4 Å². The molecule has 0 aromatic heterocycles. The lowest BCUT2D eigenvalue weighted by Gasteiger charge is -2.22. The highest BCUT2D eigenvalue weighted by Gasteiger charge is 2.30. The minimum absolute atomic E-state index is 0. The van der Waals surface area contributed by atoms with Crippen molar-refractivity contribution in [2.75, 3.05) is 20.8 Å². The number of rotatable bonds is 5. The Labute approximate surface area is 212 Å². The highest BCUT2D eigenvalue weighted by Crippen LogP contribution is 2.34. The number of nitrogens with zero attached hydrogens (tertiary/aromatic N) is 1. The summed E-state index contributed by atoms with van der Waals surface area (Å²) in [6, 6.07) is 17.6. The lowest BCUT2D eigenvalue weighted by Crippen LogP contribution is -3.00. The second-order valence-electron chi connectivity index (χ2n) is 9.41. The number of methoxy groups -OCH3 is 2. The van der Waals surface area contributed by atoms with Crippen LogP contribution < -0.4 is 21.9 Å². The molecule has 180 valence electrons. The summed E-state index contributed by atoms with van der Waals surface area (Å²) >= 11 is 6.39. The van der Waals surface area contributed by atoms with E-state index >= 15 is 0 Å². The molecule has 0 fully saturated rings. The van der Waals surface area contributed by atoms with Crippen LogP contribution in [0.2, 0.25) is 5.02 Å². The summed E-state index contributed by atoms with van der Waals surface area (Å²) in [5.41, 5.74) is 6.18. The molecule has 0 atom stereocenters. The summed E-state index contributed by atoms with van der Waals surface area (Å²) in [6.45, 7) is 7.73. The van der Waals surface area contributed by atoms with Crippen LogP contribution in [0.25, 0.3) is 0 Å². The topological polar surface area (TPSA) is 21.5 Å². The summed E-state index contributed by atoms with van der Waals surface area (Å²) in [7, 11) is 3.29. The van der Waals surface area contributed by atoms with Crippen LogP contribution in [0.15, 0.2) is 54.6 Å². The lowest BCUT2D eigenvalue weighted by atomic mass is 9.85. The number of halogens is 3. The predicted octanol–water partition coefficient (Wildman–Crippen LogP) is 3.40. The van der Waals surface area contributed by atoms with E-state index in [1.807, 2.05) is 12.1 Å². The third-order valence-electron chi connectivity index (χ3n) is 6.27. The molecule has 3 nitrogen and oxygen atoms in total. The first-order valence-corrected chi connectivity index (χ1v) is 11.5. The Balaban J connectivity index is 0.00000324. The Morgan fingerprint density at radius 1 is 0.971 bits per heavy atom. The molecule has 0 saturated carbocycles. The van der Waals surface area contributed by atoms with E-state index in [1.165, 1.54) is 17.2 Å². The number of fused-ring (bicyclic) bond motifs is 1. The highest BCUT2D eigenvalue weighted by atomic mass is 35.5. The quantitative estimate of drug-likeness (QED) is 0.499. The minimum Gasteiger partial charge on any atom is -1.00 e. The highest BCUT2D eigenvalue weighted by molar-refractivity contribution is 6.31. The van der Waals surface area contributed by atoms with Gasteiger partial charge in [-0.25, -0.2) is 8.97 Å². The summed E-state index contributed by atoms with van der Waals surface area (Å²) in [5, 5.41) is 0.440. The maximum absolute atomic E-state index is 14.7. The molecule has 34 heavy (non-hydrogen) atoms. The number of hydrogen-bond donors (Lipinski definition) is 0. The fourth-order valence-electron chi connectivity index (χ4n) is 4.38. The molecule has 0 bridgehead atoms. The maximum atomic E-state index is 14.7. The smallest absolute Gasteiger partial charge is 0.215 e. The Morgan fingerprint density at radius 2 is 1.62 bits per heavy atom. The van der Waals surface area contributed by atoms with Gasteiger partial charge in [0.1, 0.15) is 12.4 Å². The van der Waals surface area contributed by atoms with Crippen molar-refractivity contribution in [1.29, 1.82) is 0 Å². The second kappa shape index (κ2) is 10.4. The third-order valence-corrected chi connectivity index (χ3v) is 6.62. The molecule has 4 rings (SSSR count). The monoisotopic (exact) mass is 501 g/mol. The van der Waals surface area contributed by atoms with Crippen molar-refractivity contribution in [2.45, 2.75) is 39.2 Å². The van der Waals surface area contributed by atoms with E-state index < -0.39 is 0 Å². The van der Waals surface area contributed by atoms with Gasteiger partial charge < -0.3 is 21.9 Å². The molecular weight excluding hydrogens is 472 g/mol. The van der Waals surface area contributed by atoms with E-state index in [4.69, 9.17) is 21.1 Å². The molecule has 0 radical (unpaired) electrons. The average molecular weight is 502 g/mol. The van der Waals surface area contributed by atoms with Gasteiger partial charge in [-0.15, -0.1) is 0 Å². The van der Waals surface area contributed by atoms with Crippen molar-refractivity contribution in [2.24, 2.45) is 0 Å². The molecule has 0 saturated heterocycles. The molecular formula is C28H30Cl2FNO2. The first-order chi connectivity index (χ1) is 15.7. The van der Waals surface area contributed by atoms with Crippen molar-refractivity contribution >= 4 is 17.3 Å². The SMILES string of the molecule is COc1cc2c(cc1OC)C(c1ccc(C(C)(C)C)cc1)=[N+](Cc1c(F)cccc1Cl)CC2.[Cl-]. The summed E-state index contributed by atoms with van der Waals surface area (Å²) < 4.78 is 28.0. The van der Waals surface area contributed by atoms with Crippen molar-refractivity contribution < 1.29 is 30.8 Å². The van der Waals surface area contributed by atoms with E-state index in [-0.39, 0.29) is 23.6 Å². The zero-order valence-electron chi connectivity index (χ0n) is 20.2. The van der Waals surface area contributed by atoms with E-state index in [2.05, 4.69) is 49.6 Å². The first kappa shape index (κ1) is 26.1. The van der Waals surface area contributed by atoms with Gasteiger partial charge in [-0.1, -0.05) is 50.6 Å².